The average molecular weight is 439 g/mol. The highest BCUT2D eigenvalue weighted by Crippen LogP contribution is 2.33. The summed E-state index contributed by atoms with van der Waals surface area (Å²) < 4.78 is 12.7. The fourth-order valence-corrected chi connectivity index (χ4v) is 3.79. The van der Waals surface area contributed by atoms with Gasteiger partial charge in [0.05, 0.1) is 30.9 Å². The van der Waals surface area contributed by atoms with Crippen LogP contribution in [-0.4, -0.2) is 39.6 Å². The number of benzene rings is 3. The predicted molar refractivity (Wildman–Crippen MR) is 126 cm³/mol. The summed E-state index contributed by atoms with van der Waals surface area (Å²) in [6.45, 7) is 1.86. The number of nitrogens with one attached hydrogen (secondary N) is 1. The Hall–Kier alpha value is -4.46. The Morgan fingerprint density at radius 2 is 1.73 bits per heavy atom. The molecule has 3 aromatic carbocycles. The lowest BCUT2D eigenvalue weighted by Gasteiger charge is -2.14. The molecule has 0 amide bonds. The number of nitrogens with zero attached hydrogens (tertiary/aromatic N) is 4. The van der Waals surface area contributed by atoms with Gasteiger partial charge in [0.1, 0.15) is 17.3 Å². The van der Waals surface area contributed by atoms with Crippen molar-refractivity contribution in [3.05, 3.63) is 83.7 Å². The molecule has 0 saturated carbocycles. The zero-order chi connectivity index (χ0) is 22.9. The third-order valence-electron chi connectivity index (χ3n) is 5.44. The van der Waals surface area contributed by atoms with E-state index < -0.39 is 0 Å². The molecule has 0 radical (unpaired) electrons. The topological polar surface area (TPSA) is 90.6 Å². The summed E-state index contributed by atoms with van der Waals surface area (Å²) in [5, 5.41) is 11.9. The van der Waals surface area contributed by atoms with Crippen molar-refractivity contribution in [3.63, 3.8) is 0 Å². The van der Waals surface area contributed by atoms with Gasteiger partial charge in [-0.2, -0.15) is 0 Å². The number of ether oxygens (including phenoxy) is 2. The molecule has 0 aliphatic rings. The number of aromatic nitrogens is 4. The minimum Gasteiger partial charge on any atom is -0.497 e. The Kier molecular flexibility index (Phi) is 5.10. The maximum atomic E-state index is 13.0. The number of carbonyl (C=O) groups is 1. The summed E-state index contributed by atoms with van der Waals surface area (Å²) in [4.78, 5) is 17.8. The minimum absolute atomic E-state index is 0.0558. The SMILES string of the molecule is COc1ccc(OC)c(Nc2nc3ccc(C(=O)c4ccccc4)cc3n3c(C)nnc23)c1. The molecule has 0 saturated heterocycles. The quantitative estimate of drug-likeness (QED) is 0.387. The molecule has 2 aromatic heterocycles. The minimum atomic E-state index is -0.0558. The first kappa shape index (κ1) is 20.4. The number of hydrogen-bond acceptors (Lipinski definition) is 7. The van der Waals surface area contributed by atoms with Crippen molar-refractivity contribution in [1.29, 1.82) is 0 Å². The van der Waals surface area contributed by atoms with Crippen molar-refractivity contribution in [3.8, 4) is 11.5 Å². The fourth-order valence-electron chi connectivity index (χ4n) is 3.79. The van der Waals surface area contributed by atoms with E-state index in [1.165, 1.54) is 0 Å². The molecule has 8 nitrogen and oxygen atoms in total. The number of fused-ring (bicyclic) bond motifs is 3. The third kappa shape index (κ3) is 3.61. The first-order valence-corrected chi connectivity index (χ1v) is 10.3. The summed E-state index contributed by atoms with van der Waals surface area (Å²) in [6, 6.07) is 20.1. The maximum absolute atomic E-state index is 13.0. The monoisotopic (exact) mass is 439 g/mol. The van der Waals surface area contributed by atoms with Crippen LogP contribution in [0.25, 0.3) is 16.7 Å². The van der Waals surface area contributed by atoms with Gasteiger partial charge >= 0.3 is 0 Å². The second-order valence-electron chi connectivity index (χ2n) is 7.46. The first-order chi connectivity index (χ1) is 16.1. The number of hydrogen-bond donors (Lipinski definition) is 1. The van der Waals surface area contributed by atoms with E-state index >= 15 is 0 Å². The van der Waals surface area contributed by atoms with Gasteiger partial charge in [0.2, 0.25) is 5.65 Å². The van der Waals surface area contributed by atoms with Crippen molar-refractivity contribution in [2.24, 2.45) is 0 Å². The van der Waals surface area contributed by atoms with E-state index in [1.54, 1.807) is 32.4 Å². The second kappa shape index (κ2) is 8.23. The van der Waals surface area contributed by atoms with E-state index in [4.69, 9.17) is 14.5 Å². The third-order valence-corrected chi connectivity index (χ3v) is 5.44. The van der Waals surface area contributed by atoms with Crippen LogP contribution in [0.4, 0.5) is 11.5 Å². The Balaban J connectivity index is 1.65. The van der Waals surface area contributed by atoms with Crippen molar-refractivity contribution in [2.75, 3.05) is 19.5 Å². The van der Waals surface area contributed by atoms with E-state index in [0.717, 1.165) is 5.52 Å². The summed E-state index contributed by atoms with van der Waals surface area (Å²) in [7, 11) is 3.21. The van der Waals surface area contributed by atoms with Crippen molar-refractivity contribution < 1.29 is 14.3 Å². The highest BCUT2D eigenvalue weighted by Gasteiger charge is 2.17. The normalized spacial score (nSPS) is 11.0. The van der Waals surface area contributed by atoms with Crippen LogP contribution in [0.2, 0.25) is 0 Å². The van der Waals surface area contributed by atoms with Crippen LogP contribution >= 0.6 is 0 Å². The van der Waals surface area contributed by atoms with Gasteiger partial charge in [0.25, 0.3) is 0 Å². The molecule has 0 spiro atoms. The molecule has 0 atom stereocenters. The van der Waals surface area contributed by atoms with Crippen LogP contribution in [0.1, 0.15) is 21.7 Å². The number of aryl methyl sites for hydroxylation is 1. The molecular formula is C25H21N5O3. The van der Waals surface area contributed by atoms with Crippen LogP contribution in [0, 0.1) is 6.92 Å². The number of carbonyl (C=O) groups excluding carboxylic acids is 1. The fraction of sp³-hybridized carbons (Fsp3) is 0.120. The molecule has 0 unspecified atom stereocenters. The Morgan fingerprint density at radius 3 is 2.48 bits per heavy atom. The van der Waals surface area contributed by atoms with E-state index in [2.05, 4.69) is 15.5 Å². The molecule has 0 fully saturated rings. The zero-order valence-corrected chi connectivity index (χ0v) is 18.4. The number of anilines is 2. The lowest BCUT2D eigenvalue weighted by Crippen LogP contribution is -2.05. The lowest BCUT2D eigenvalue weighted by atomic mass is 10.0. The van der Waals surface area contributed by atoms with Gasteiger partial charge in [-0.1, -0.05) is 30.3 Å². The first-order valence-electron chi connectivity index (χ1n) is 10.3. The van der Waals surface area contributed by atoms with Crippen LogP contribution in [0.5, 0.6) is 11.5 Å². The van der Waals surface area contributed by atoms with Gasteiger partial charge in [0.15, 0.2) is 11.6 Å². The summed E-state index contributed by atoms with van der Waals surface area (Å²) >= 11 is 0. The standard InChI is InChI=1S/C25H21N5O3/c1-15-28-29-25-24(27-20-14-18(32-2)10-12-22(20)33-3)26-19-11-9-17(13-21(19)30(15)25)23(31)16-7-5-4-6-8-16/h4-14H,1-3H3,(H,26,27). The molecular weight excluding hydrogens is 418 g/mol. The van der Waals surface area contributed by atoms with Gasteiger partial charge < -0.3 is 14.8 Å². The molecule has 33 heavy (non-hydrogen) atoms. The largest absolute Gasteiger partial charge is 0.497 e. The predicted octanol–water partition coefficient (Wildman–Crippen LogP) is 4.58. The molecule has 2 heterocycles. The number of ketones is 1. The highest BCUT2D eigenvalue weighted by molar-refractivity contribution is 6.10. The van der Waals surface area contributed by atoms with Gasteiger partial charge in [0, 0.05) is 17.2 Å². The van der Waals surface area contributed by atoms with Crippen molar-refractivity contribution >= 4 is 34.0 Å². The second-order valence-corrected chi connectivity index (χ2v) is 7.46. The number of rotatable bonds is 6. The molecule has 5 aromatic rings. The van der Waals surface area contributed by atoms with E-state index in [0.29, 0.717) is 51.1 Å². The van der Waals surface area contributed by atoms with E-state index in [9.17, 15) is 4.79 Å². The average Bonchev–Trinajstić information content (AvgIpc) is 3.26. The highest BCUT2D eigenvalue weighted by atomic mass is 16.5. The number of methoxy groups -OCH3 is 2. The molecule has 0 aliphatic carbocycles. The molecule has 1 N–H and O–H groups in total. The smallest absolute Gasteiger partial charge is 0.204 e. The van der Waals surface area contributed by atoms with Crippen LogP contribution in [0.3, 0.4) is 0 Å². The Morgan fingerprint density at radius 1 is 0.909 bits per heavy atom. The maximum Gasteiger partial charge on any atom is 0.204 e. The van der Waals surface area contributed by atoms with Crippen LogP contribution < -0.4 is 14.8 Å². The summed E-state index contributed by atoms with van der Waals surface area (Å²) in [5.41, 5.74) is 3.86. The van der Waals surface area contributed by atoms with Crippen LogP contribution in [-0.2, 0) is 0 Å². The van der Waals surface area contributed by atoms with E-state index in [-0.39, 0.29) is 5.78 Å². The molecule has 8 heteroatoms. The van der Waals surface area contributed by atoms with Crippen LogP contribution in [0.15, 0.2) is 66.7 Å². The van der Waals surface area contributed by atoms with Gasteiger partial charge in [-0.3, -0.25) is 9.20 Å². The lowest BCUT2D eigenvalue weighted by molar-refractivity contribution is 0.103. The molecule has 0 aliphatic heterocycles. The van der Waals surface area contributed by atoms with Crippen molar-refractivity contribution in [1.82, 2.24) is 19.6 Å². The molecule has 164 valence electrons. The van der Waals surface area contributed by atoms with Crippen molar-refractivity contribution in [2.45, 2.75) is 6.92 Å². The molecule has 0 bridgehead atoms. The summed E-state index contributed by atoms with van der Waals surface area (Å²) in [6.07, 6.45) is 0. The Labute approximate surface area is 189 Å². The Bertz CT molecular complexity index is 1500. The molecule has 5 rings (SSSR count). The van der Waals surface area contributed by atoms with Gasteiger partial charge in [-0.15, -0.1) is 10.2 Å². The zero-order valence-electron chi connectivity index (χ0n) is 18.4. The van der Waals surface area contributed by atoms with Gasteiger partial charge in [-0.25, -0.2) is 4.98 Å². The van der Waals surface area contributed by atoms with Gasteiger partial charge in [-0.05, 0) is 37.3 Å². The summed E-state index contributed by atoms with van der Waals surface area (Å²) in [5.74, 6) is 2.45. The van der Waals surface area contributed by atoms with E-state index in [1.807, 2.05) is 59.9 Å².